The molecule has 6 nitrogen and oxygen atoms in total. The molecule has 104 valence electrons. The molecule has 0 heterocycles. The molecule has 7 heteroatoms. The lowest BCUT2D eigenvalue weighted by Gasteiger charge is -2.09. The molecule has 0 radical (unpaired) electrons. The van der Waals surface area contributed by atoms with Crippen molar-refractivity contribution in [2.45, 2.75) is 24.7 Å². The van der Waals surface area contributed by atoms with Gasteiger partial charge in [-0.05, 0) is 24.1 Å². The number of benzene rings is 1. The van der Waals surface area contributed by atoms with E-state index in [1.807, 2.05) is 0 Å². The molecule has 0 fully saturated rings. The maximum Gasteiger partial charge on any atom is 0.335 e. The molecule has 19 heavy (non-hydrogen) atoms. The lowest BCUT2D eigenvalue weighted by Crippen LogP contribution is -2.18. The van der Waals surface area contributed by atoms with Gasteiger partial charge in [-0.3, -0.25) is 4.79 Å². The highest BCUT2D eigenvalue weighted by molar-refractivity contribution is 7.91. The Kier molecular flexibility index (Phi) is 4.66. The topological polar surface area (TPSA) is 115 Å². The molecule has 0 aliphatic carbocycles. The zero-order valence-corrected chi connectivity index (χ0v) is 11.2. The predicted molar refractivity (Wildman–Crippen MR) is 68.6 cm³/mol. The average molecular weight is 285 g/mol. The second-order valence-electron chi connectivity index (χ2n) is 4.02. The number of carboxylic acids is 1. The number of amides is 1. The number of aromatic carboxylic acids is 1. The van der Waals surface area contributed by atoms with Gasteiger partial charge in [0.1, 0.15) is 0 Å². The highest BCUT2D eigenvalue weighted by Gasteiger charge is 2.20. The first-order valence-corrected chi connectivity index (χ1v) is 7.30. The van der Waals surface area contributed by atoms with Crippen molar-refractivity contribution < 1.29 is 23.1 Å². The molecule has 1 aromatic rings. The minimum Gasteiger partial charge on any atom is -0.478 e. The summed E-state index contributed by atoms with van der Waals surface area (Å²) in [5.41, 5.74) is 5.35. The van der Waals surface area contributed by atoms with Crippen LogP contribution in [0.25, 0.3) is 0 Å². The third-order valence-corrected chi connectivity index (χ3v) is 4.44. The van der Waals surface area contributed by atoms with Crippen LogP contribution < -0.4 is 5.73 Å². The van der Waals surface area contributed by atoms with Gasteiger partial charge in [0.25, 0.3) is 0 Å². The summed E-state index contributed by atoms with van der Waals surface area (Å²) in [4.78, 5) is 21.5. The quantitative estimate of drug-likeness (QED) is 0.794. The molecule has 0 aliphatic rings. The van der Waals surface area contributed by atoms with Crippen LogP contribution in [0.15, 0.2) is 23.1 Å². The van der Waals surface area contributed by atoms with Gasteiger partial charge < -0.3 is 10.8 Å². The Bertz CT molecular complexity index is 607. The first kappa shape index (κ1) is 15.2. The SMILES string of the molecule is CCc1ccc(C(=O)O)cc1S(=O)(=O)CCC(N)=O. The van der Waals surface area contributed by atoms with Gasteiger partial charge in [-0.15, -0.1) is 0 Å². The second-order valence-corrected chi connectivity index (χ2v) is 6.09. The third kappa shape index (κ3) is 3.78. The van der Waals surface area contributed by atoms with Crippen molar-refractivity contribution in [2.75, 3.05) is 5.75 Å². The average Bonchev–Trinajstić information content (AvgIpc) is 2.35. The number of rotatable bonds is 6. The van der Waals surface area contributed by atoms with Crippen LogP contribution in [0.3, 0.4) is 0 Å². The summed E-state index contributed by atoms with van der Waals surface area (Å²) in [6.45, 7) is 1.77. The van der Waals surface area contributed by atoms with Crippen LogP contribution in [0.1, 0.15) is 29.3 Å². The van der Waals surface area contributed by atoms with E-state index in [2.05, 4.69) is 0 Å². The van der Waals surface area contributed by atoms with Crippen molar-refractivity contribution in [3.63, 3.8) is 0 Å². The summed E-state index contributed by atoms with van der Waals surface area (Å²) in [6, 6.07) is 3.95. The lowest BCUT2D eigenvalue weighted by molar-refractivity contribution is -0.117. The number of aryl methyl sites for hydroxylation is 1. The predicted octanol–water partition coefficient (Wildman–Crippen LogP) is 0.596. The molecule has 0 saturated carbocycles. The van der Waals surface area contributed by atoms with Crippen molar-refractivity contribution >= 4 is 21.7 Å². The van der Waals surface area contributed by atoms with E-state index in [1.54, 1.807) is 6.92 Å². The Morgan fingerprint density at radius 3 is 2.42 bits per heavy atom. The molecular formula is C12H15NO5S. The molecule has 0 saturated heterocycles. The van der Waals surface area contributed by atoms with Crippen LogP contribution in [0.4, 0.5) is 0 Å². The standard InChI is InChI=1S/C12H15NO5S/c1-2-8-3-4-9(12(15)16)7-10(8)19(17,18)6-5-11(13)14/h3-4,7H,2,5-6H2,1H3,(H2,13,14)(H,15,16). The van der Waals surface area contributed by atoms with E-state index in [1.165, 1.54) is 12.1 Å². The Morgan fingerprint density at radius 2 is 1.95 bits per heavy atom. The molecule has 0 atom stereocenters. The highest BCUT2D eigenvalue weighted by atomic mass is 32.2. The summed E-state index contributed by atoms with van der Waals surface area (Å²) in [7, 11) is -3.72. The van der Waals surface area contributed by atoms with E-state index in [0.717, 1.165) is 6.07 Å². The van der Waals surface area contributed by atoms with Crippen LogP contribution in [0, 0.1) is 0 Å². The molecule has 1 rings (SSSR count). The summed E-state index contributed by atoms with van der Waals surface area (Å²) >= 11 is 0. The van der Waals surface area contributed by atoms with E-state index in [9.17, 15) is 18.0 Å². The van der Waals surface area contributed by atoms with Gasteiger partial charge in [0.05, 0.1) is 16.2 Å². The number of hydrogen-bond acceptors (Lipinski definition) is 4. The molecule has 1 aromatic carbocycles. The summed E-state index contributed by atoms with van der Waals surface area (Å²) in [5.74, 6) is -2.33. The minimum atomic E-state index is -3.72. The molecule has 1 amide bonds. The van der Waals surface area contributed by atoms with E-state index < -0.39 is 27.5 Å². The van der Waals surface area contributed by atoms with Gasteiger partial charge in [0.15, 0.2) is 9.84 Å². The van der Waals surface area contributed by atoms with Gasteiger partial charge >= 0.3 is 5.97 Å². The fraction of sp³-hybridized carbons (Fsp3) is 0.333. The molecule has 3 N–H and O–H groups in total. The number of sulfone groups is 1. The monoisotopic (exact) mass is 285 g/mol. The highest BCUT2D eigenvalue weighted by Crippen LogP contribution is 2.20. The van der Waals surface area contributed by atoms with E-state index in [-0.39, 0.29) is 16.9 Å². The number of nitrogens with two attached hydrogens (primary N) is 1. The normalized spacial score (nSPS) is 11.2. The molecule has 0 unspecified atom stereocenters. The largest absolute Gasteiger partial charge is 0.478 e. The molecule has 0 aliphatic heterocycles. The number of hydrogen-bond donors (Lipinski definition) is 2. The molecular weight excluding hydrogens is 270 g/mol. The first-order chi connectivity index (χ1) is 8.77. The third-order valence-electron chi connectivity index (χ3n) is 2.65. The van der Waals surface area contributed by atoms with Crippen LogP contribution in [0.2, 0.25) is 0 Å². The number of carbonyl (C=O) groups excluding carboxylic acids is 1. The number of primary amides is 1. The number of carbonyl (C=O) groups is 2. The van der Waals surface area contributed by atoms with Gasteiger partial charge in [0.2, 0.25) is 5.91 Å². The van der Waals surface area contributed by atoms with Gasteiger partial charge in [-0.1, -0.05) is 13.0 Å². The van der Waals surface area contributed by atoms with Crippen LogP contribution in [-0.2, 0) is 21.1 Å². The summed E-state index contributed by atoms with van der Waals surface area (Å²) < 4.78 is 24.2. The second kappa shape index (κ2) is 5.83. The van der Waals surface area contributed by atoms with E-state index >= 15 is 0 Å². The van der Waals surface area contributed by atoms with Crippen molar-refractivity contribution in [2.24, 2.45) is 5.73 Å². The Labute approximate surface area is 111 Å². The molecule has 0 spiro atoms. The van der Waals surface area contributed by atoms with E-state index in [4.69, 9.17) is 10.8 Å². The van der Waals surface area contributed by atoms with Gasteiger partial charge in [-0.25, -0.2) is 13.2 Å². The van der Waals surface area contributed by atoms with Crippen molar-refractivity contribution in [3.05, 3.63) is 29.3 Å². The molecule has 0 aromatic heterocycles. The number of carboxylic acid groups (broad SMARTS) is 1. The first-order valence-electron chi connectivity index (χ1n) is 5.65. The maximum atomic E-state index is 12.1. The smallest absolute Gasteiger partial charge is 0.335 e. The lowest BCUT2D eigenvalue weighted by atomic mass is 10.1. The van der Waals surface area contributed by atoms with Gasteiger partial charge in [0, 0.05) is 6.42 Å². The Morgan fingerprint density at radius 1 is 1.32 bits per heavy atom. The maximum absolute atomic E-state index is 12.1. The Balaban J connectivity index is 3.26. The zero-order valence-electron chi connectivity index (χ0n) is 10.4. The van der Waals surface area contributed by atoms with Crippen LogP contribution in [-0.4, -0.2) is 31.2 Å². The fourth-order valence-corrected chi connectivity index (χ4v) is 3.22. The van der Waals surface area contributed by atoms with Crippen molar-refractivity contribution in [1.29, 1.82) is 0 Å². The zero-order chi connectivity index (χ0) is 14.6. The summed E-state index contributed by atoms with van der Waals surface area (Å²) in [6.07, 6.45) is 0.161. The van der Waals surface area contributed by atoms with E-state index in [0.29, 0.717) is 12.0 Å². The van der Waals surface area contributed by atoms with Crippen LogP contribution in [0.5, 0.6) is 0 Å². The van der Waals surface area contributed by atoms with Crippen LogP contribution >= 0.6 is 0 Å². The fourth-order valence-electron chi connectivity index (χ4n) is 1.61. The van der Waals surface area contributed by atoms with Crippen molar-refractivity contribution in [3.8, 4) is 0 Å². The Hall–Kier alpha value is -1.89. The van der Waals surface area contributed by atoms with Crippen molar-refractivity contribution in [1.82, 2.24) is 0 Å². The minimum absolute atomic E-state index is 0.0452. The summed E-state index contributed by atoms with van der Waals surface area (Å²) in [5, 5.41) is 8.89. The van der Waals surface area contributed by atoms with Gasteiger partial charge in [-0.2, -0.15) is 0 Å². The molecule has 0 bridgehead atoms.